The normalized spacial score (nSPS) is 11.4. The second-order valence-electron chi connectivity index (χ2n) is 4.03. The zero-order valence-electron chi connectivity index (χ0n) is 10.7. The molecule has 0 spiro atoms. The zero-order valence-corrected chi connectivity index (χ0v) is 11.5. The van der Waals surface area contributed by atoms with Crippen molar-refractivity contribution in [3.8, 4) is 0 Å². The van der Waals surface area contributed by atoms with E-state index in [1.54, 1.807) is 13.3 Å². The summed E-state index contributed by atoms with van der Waals surface area (Å²) in [5.74, 6) is 0.953. The van der Waals surface area contributed by atoms with E-state index in [2.05, 4.69) is 22.2 Å². The van der Waals surface area contributed by atoms with E-state index in [1.165, 1.54) is 0 Å². The molecule has 98 valence electrons. The number of ether oxygens (including phenoxy) is 1. The molecule has 0 aliphatic heterocycles. The molecule has 6 heteroatoms. The van der Waals surface area contributed by atoms with E-state index in [9.17, 15) is 0 Å². The van der Waals surface area contributed by atoms with Gasteiger partial charge in [-0.2, -0.15) is 0 Å². The molecular formula is C11H21ClN4O. The molecule has 0 amide bonds. The minimum atomic E-state index is 0.666. The fourth-order valence-corrected chi connectivity index (χ4v) is 1.56. The Balaban J connectivity index is 2.14. The van der Waals surface area contributed by atoms with Crippen LogP contribution in [0, 0.1) is 0 Å². The van der Waals surface area contributed by atoms with Gasteiger partial charge in [-0.1, -0.05) is 11.6 Å². The van der Waals surface area contributed by atoms with Gasteiger partial charge in [0.1, 0.15) is 11.0 Å². The molecule has 0 atom stereocenters. The summed E-state index contributed by atoms with van der Waals surface area (Å²) in [6.45, 7) is 4.37. The molecule has 0 unspecified atom stereocenters. The number of nitrogens with one attached hydrogen (secondary N) is 1. The van der Waals surface area contributed by atoms with Crippen LogP contribution in [0.5, 0.6) is 0 Å². The number of aromatic nitrogens is 2. The van der Waals surface area contributed by atoms with E-state index in [0.717, 1.165) is 38.6 Å². The van der Waals surface area contributed by atoms with Gasteiger partial charge in [-0.15, -0.1) is 0 Å². The van der Waals surface area contributed by atoms with Crippen molar-refractivity contribution in [1.82, 2.24) is 19.8 Å². The summed E-state index contributed by atoms with van der Waals surface area (Å²) >= 11 is 5.90. The molecule has 0 fully saturated rings. The summed E-state index contributed by atoms with van der Waals surface area (Å²) in [5.41, 5.74) is 0. The van der Waals surface area contributed by atoms with E-state index in [0.29, 0.717) is 5.15 Å². The molecule has 0 aromatic carbocycles. The van der Waals surface area contributed by atoms with Crippen LogP contribution in [0.2, 0.25) is 5.15 Å². The first-order valence-corrected chi connectivity index (χ1v) is 6.07. The first-order chi connectivity index (χ1) is 8.15. The molecule has 1 N–H and O–H groups in total. The van der Waals surface area contributed by atoms with E-state index >= 15 is 0 Å². The second kappa shape index (κ2) is 7.66. The van der Waals surface area contributed by atoms with E-state index in [4.69, 9.17) is 16.3 Å². The van der Waals surface area contributed by atoms with Crippen molar-refractivity contribution >= 4 is 11.6 Å². The Morgan fingerprint density at radius 1 is 1.53 bits per heavy atom. The van der Waals surface area contributed by atoms with Crippen LogP contribution < -0.4 is 5.32 Å². The largest absolute Gasteiger partial charge is 0.383 e. The lowest BCUT2D eigenvalue weighted by atomic mass is 10.5. The summed E-state index contributed by atoms with van der Waals surface area (Å²) in [6.07, 6.45) is 1.67. The van der Waals surface area contributed by atoms with Crippen molar-refractivity contribution in [2.24, 2.45) is 7.05 Å². The Kier molecular flexibility index (Phi) is 6.50. The van der Waals surface area contributed by atoms with Crippen molar-refractivity contribution in [3.63, 3.8) is 0 Å². The maximum absolute atomic E-state index is 5.90. The predicted octanol–water partition coefficient (Wildman–Crippen LogP) is 0.741. The summed E-state index contributed by atoms with van der Waals surface area (Å²) in [5, 5.41) is 4.00. The summed E-state index contributed by atoms with van der Waals surface area (Å²) in [7, 11) is 5.71. The van der Waals surface area contributed by atoms with Crippen molar-refractivity contribution in [2.75, 3.05) is 40.4 Å². The SMILES string of the molecule is COCCN(C)CCNCc1ncc(Cl)n1C. The fraction of sp³-hybridized carbons (Fsp3) is 0.727. The summed E-state index contributed by atoms with van der Waals surface area (Å²) < 4.78 is 6.89. The van der Waals surface area contributed by atoms with Crippen molar-refractivity contribution in [1.29, 1.82) is 0 Å². The number of likely N-dealkylation sites (N-methyl/N-ethyl adjacent to an activating group) is 1. The lowest BCUT2D eigenvalue weighted by Gasteiger charge is -2.16. The molecule has 0 saturated heterocycles. The third kappa shape index (κ3) is 5.04. The smallest absolute Gasteiger partial charge is 0.128 e. The van der Waals surface area contributed by atoms with E-state index in [-0.39, 0.29) is 0 Å². The molecule has 0 aliphatic rings. The van der Waals surface area contributed by atoms with Crippen LogP contribution in [0.25, 0.3) is 0 Å². The number of halogens is 1. The highest BCUT2D eigenvalue weighted by Crippen LogP contribution is 2.08. The van der Waals surface area contributed by atoms with Gasteiger partial charge in [0, 0.05) is 33.8 Å². The Morgan fingerprint density at radius 2 is 2.29 bits per heavy atom. The number of hydrogen-bond acceptors (Lipinski definition) is 4. The highest BCUT2D eigenvalue weighted by Gasteiger charge is 2.03. The van der Waals surface area contributed by atoms with Gasteiger partial charge in [0.2, 0.25) is 0 Å². The number of imidazole rings is 1. The summed E-state index contributed by atoms with van der Waals surface area (Å²) in [4.78, 5) is 6.44. The van der Waals surface area contributed by atoms with Gasteiger partial charge in [-0.3, -0.25) is 0 Å². The Bertz CT molecular complexity index is 329. The lowest BCUT2D eigenvalue weighted by molar-refractivity contribution is 0.161. The van der Waals surface area contributed by atoms with Gasteiger partial charge in [0.05, 0.1) is 19.3 Å². The average Bonchev–Trinajstić information content (AvgIpc) is 2.63. The lowest BCUT2D eigenvalue weighted by Crippen LogP contribution is -2.31. The van der Waals surface area contributed by atoms with Gasteiger partial charge >= 0.3 is 0 Å². The Hall–Kier alpha value is -0.620. The number of methoxy groups -OCH3 is 1. The van der Waals surface area contributed by atoms with Gasteiger partial charge < -0.3 is 19.5 Å². The van der Waals surface area contributed by atoms with Crippen LogP contribution in [0.1, 0.15) is 5.82 Å². The third-order valence-corrected chi connectivity index (χ3v) is 3.01. The van der Waals surface area contributed by atoms with Crippen LogP contribution in [0.4, 0.5) is 0 Å². The van der Waals surface area contributed by atoms with Crippen molar-refractivity contribution in [2.45, 2.75) is 6.54 Å². The monoisotopic (exact) mass is 260 g/mol. The van der Waals surface area contributed by atoms with Crippen LogP contribution in [0.3, 0.4) is 0 Å². The van der Waals surface area contributed by atoms with Crippen LogP contribution in [0.15, 0.2) is 6.20 Å². The zero-order chi connectivity index (χ0) is 12.7. The predicted molar refractivity (Wildman–Crippen MR) is 69.3 cm³/mol. The molecule has 17 heavy (non-hydrogen) atoms. The first kappa shape index (κ1) is 14.4. The highest BCUT2D eigenvalue weighted by molar-refractivity contribution is 6.29. The number of rotatable bonds is 8. The van der Waals surface area contributed by atoms with Gasteiger partial charge in [0.25, 0.3) is 0 Å². The standard InChI is InChI=1S/C11H21ClN4O/c1-15(6-7-17-3)5-4-13-9-11-14-8-10(12)16(11)2/h8,13H,4-7,9H2,1-3H3. The van der Waals surface area contributed by atoms with E-state index in [1.807, 2.05) is 11.6 Å². The molecule has 0 saturated carbocycles. The number of nitrogens with zero attached hydrogens (tertiary/aromatic N) is 3. The number of hydrogen-bond donors (Lipinski definition) is 1. The molecule has 5 nitrogen and oxygen atoms in total. The Labute approximate surface area is 108 Å². The second-order valence-corrected chi connectivity index (χ2v) is 4.42. The van der Waals surface area contributed by atoms with Gasteiger partial charge in [-0.25, -0.2) is 4.98 Å². The maximum atomic E-state index is 5.90. The molecule has 1 aromatic rings. The van der Waals surface area contributed by atoms with Crippen LogP contribution in [-0.4, -0.2) is 54.8 Å². The molecule has 1 heterocycles. The fourth-order valence-electron chi connectivity index (χ4n) is 1.42. The van der Waals surface area contributed by atoms with Crippen molar-refractivity contribution in [3.05, 3.63) is 17.2 Å². The Morgan fingerprint density at radius 3 is 2.88 bits per heavy atom. The first-order valence-electron chi connectivity index (χ1n) is 5.69. The molecule has 0 bridgehead atoms. The third-order valence-electron chi connectivity index (χ3n) is 2.66. The molecule has 1 aromatic heterocycles. The average molecular weight is 261 g/mol. The minimum absolute atomic E-state index is 0.666. The highest BCUT2D eigenvalue weighted by atomic mass is 35.5. The molecule has 1 rings (SSSR count). The minimum Gasteiger partial charge on any atom is -0.383 e. The van der Waals surface area contributed by atoms with Gasteiger partial charge in [0.15, 0.2) is 0 Å². The summed E-state index contributed by atoms with van der Waals surface area (Å²) in [6, 6.07) is 0. The topological polar surface area (TPSA) is 42.3 Å². The van der Waals surface area contributed by atoms with Crippen molar-refractivity contribution < 1.29 is 4.74 Å². The molecule has 0 aliphatic carbocycles. The van der Waals surface area contributed by atoms with Crippen LogP contribution >= 0.6 is 11.6 Å². The molecular weight excluding hydrogens is 240 g/mol. The quantitative estimate of drug-likeness (QED) is 0.701. The maximum Gasteiger partial charge on any atom is 0.128 e. The van der Waals surface area contributed by atoms with E-state index < -0.39 is 0 Å². The van der Waals surface area contributed by atoms with Crippen LogP contribution in [-0.2, 0) is 18.3 Å². The van der Waals surface area contributed by atoms with Gasteiger partial charge in [-0.05, 0) is 7.05 Å². The molecule has 0 radical (unpaired) electrons.